The number of benzene rings is 1. The molecule has 216 valence electrons. The molecule has 1 saturated carbocycles. The maximum Gasteiger partial charge on any atom is 0.416 e. The Bertz CT molecular complexity index is 1520. The van der Waals surface area contributed by atoms with Crippen LogP contribution in [0.25, 0.3) is 21.9 Å². The molecule has 6 nitrogen and oxygen atoms in total. The molecule has 0 spiro atoms. The number of ketones is 1. The van der Waals surface area contributed by atoms with Gasteiger partial charge in [-0.1, -0.05) is 22.6 Å². The minimum absolute atomic E-state index is 0.0546. The van der Waals surface area contributed by atoms with Gasteiger partial charge in [0.25, 0.3) is 0 Å². The first-order valence-corrected chi connectivity index (χ1v) is 15.4. The number of alkyl halides is 4. The number of carbonyl (C=O) groups excluding carboxylic acids is 1. The highest BCUT2D eigenvalue weighted by atomic mass is 127. The van der Waals surface area contributed by atoms with Crippen LogP contribution in [0.3, 0.4) is 0 Å². The molecular formula is C31H32F3IN4O2. The number of H-pyrrole nitrogens is 1. The lowest BCUT2D eigenvalue weighted by Gasteiger charge is -2.37. The molecule has 2 unspecified atom stereocenters. The summed E-state index contributed by atoms with van der Waals surface area (Å²) in [5.41, 5.74) is 2.39. The number of aromatic nitrogens is 3. The Morgan fingerprint density at radius 3 is 2.61 bits per heavy atom. The highest BCUT2D eigenvalue weighted by Crippen LogP contribution is 2.41. The van der Waals surface area contributed by atoms with Crippen LogP contribution in [0.4, 0.5) is 13.2 Å². The number of carbonyl (C=O) groups is 1. The third-order valence-electron chi connectivity index (χ3n) is 8.67. The summed E-state index contributed by atoms with van der Waals surface area (Å²) in [7, 11) is 0. The number of rotatable bonds is 7. The Balaban J connectivity index is 1.04. The zero-order valence-electron chi connectivity index (χ0n) is 22.5. The van der Waals surface area contributed by atoms with Crippen molar-refractivity contribution in [3.05, 3.63) is 66.1 Å². The number of halogens is 4. The smallest absolute Gasteiger partial charge is 0.416 e. The van der Waals surface area contributed by atoms with Crippen LogP contribution in [0.1, 0.15) is 55.6 Å². The third kappa shape index (κ3) is 6.09. The van der Waals surface area contributed by atoms with Crippen LogP contribution in [-0.4, -0.2) is 49.4 Å². The van der Waals surface area contributed by atoms with E-state index >= 15 is 0 Å². The lowest BCUT2D eigenvalue weighted by molar-refractivity contribution is -0.137. The first-order valence-electron chi connectivity index (χ1n) is 14.2. The van der Waals surface area contributed by atoms with Crippen molar-refractivity contribution in [1.82, 2.24) is 19.9 Å². The average Bonchev–Trinajstić information content (AvgIpc) is 3.48. The SMILES string of the molecule is O=C(C1CCC(c2ccnc3cnc4[nH]ccc4c23)CC1)C(I)N1CCCC(COc2ccc(C(F)(F)F)cc2)C1. The molecule has 2 aliphatic rings. The molecular weight excluding hydrogens is 644 g/mol. The van der Waals surface area contributed by atoms with Gasteiger partial charge in [0.2, 0.25) is 0 Å². The predicted molar refractivity (Wildman–Crippen MR) is 160 cm³/mol. The maximum atomic E-state index is 13.6. The standard InChI is InChI=1S/C31H32F3IN4O2/c32-31(33,34)22-7-9-23(10-8-22)41-18-19-2-1-15-39(17-19)29(35)28(40)21-5-3-20(4-6-21)24-11-13-36-26-16-38-30-25(27(24)26)12-14-37-30/h7-14,16,19-21,29H,1-6,15,17-18H2,(H,37,38). The van der Waals surface area contributed by atoms with Crippen LogP contribution in [-0.2, 0) is 11.0 Å². The Morgan fingerprint density at radius 1 is 1.07 bits per heavy atom. The molecule has 1 aromatic carbocycles. The fraction of sp³-hybridized carbons (Fsp3) is 0.452. The first-order chi connectivity index (χ1) is 19.8. The molecule has 1 N–H and O–H groups in total. The topological polar surface area (TPSA) is 71.1 Å². The molecule has 1 aliphatic heterocycles. The number of nitrogens with one attached hydrogen (secondary N) is 1. The van der Waals surface area contributed by atoms with Gasteiger partial charge in [-0.2, -0.15) is 13.2 Å². The van der Waals surface area contributed by atoms with Gasteiger partial charge in [0.1, 0.15) is 15.4 Å². The summed E-state index contributed by atoms with van der Waals surface area (Å²) in [6.45, 7) is 2.04. The van der Waals surface area contributed by atoms with Gasteiger partial charge < -0.3 is 9.72 Å². The fourth-order valence-electron chi connectivity index (χ4n) is 6.48. The number of Topliss-reactive ketones (excluding diaryl/α,β-unsaturated/α-hetero) is 1. The number of fused-ring (bicyclic) bond motifs is 3. The Morgan fingerprint density at radius 2 is 1.85 bits per heavy atom. The largest absolute Gasteiger partial charge is 0.493 e. The van der Waals surface area contributed by atoms with Gasteiger partial charge in [0.05, 0.1) is 23.9 Å². The van der Waals surface area contributed by atoms with E-state index in [1.807, 2.05) is 18.6 Å². The Hall–Kier alpha value is -2.73. The molecule has 0 amide bonds. The lowest BCUT2D eigenvalue weighted by atomic mass is 9.76. The van der Waals surface area contributed by atoms with Crippen molar-refractivity contribution in [2.75, 3.05) is 19.7 Å². The normalized spacial score (nSPS) is 23.1. The monoisotopic (exact) mass is 676 g/mol. The first kappa shape index (κ1) is 28.4. The second-order valence-electron chi connectivity index (χ2n) is 11.3. The number of pyridine rings is 2. The van der Waals surface area contributed by atoms with Crippen molar-refractivity contribution < 1.29 is 22.7 Å². The fourth-order valence-corrected chi connectivity index (χ4v) is 7.49. The van der Waals surface area contributed by atoms with E-state index < -0.39 is 11.7 Å². The predicted octanol–water partition coefficient (Wildman–Crippen LogP) is 7.52. The zero-order valence-corrected chi connectivity index (χ0v) is 24.7. The van der Waals surface area contributed by atoms with Crippen LogP contribution in [0.15, 0.2) is 55.0 Å². The second kappa shape index (κ2) is 11.9. The summed E-state index contributed by atoms with van der Waals surface area (Å²) < 4.78 is 44.1. The van der Waals surface area contributed by atoms with E-state index in [1.165, 1.54) is 17.7 Å². The molecule has 2 fully saturated rings. The van der Waals surface area contributed by atoms with Crippen LogP contribution >= 0.6 is 22.6 Å². The number of ether oxygens (including phenoxy) is 1. The van der Waals surface area contributed by atoms with Crippen molar-refractivity contribution in [2.24, 2.45) is 11.8 Å². The number of aromatic amines is 1. The van der Waals surface area contributed by atoms with Crippen molar-refractivity contribution in [1.29, 1.82) is 0 Å². The van der Waals surface area contributed by atoms with Gasteiger partial charge in [-0.05, 0) is 92.9 Å². The summed E-state index contributed by atoms with van der Waals surface area (Å²) in [6, 6.07) is 9.03. The molecule has 4 heterocycles. The number of likely N-dealkylation sites (tertiary alicyclic amines) is 1. The summed E-state index contributed by atoms with van der Waals surface area (Å²) in [6.07, 6.45) is 6.89. The van der Waals surface area contributed by atoms with Crippen LogP contribution < -0.4 is 4.74 Å². The Labute approximate surface area is 250 Å². The van der Waals surface area contributed by atoms with Gasteiger partial charge in [-0.25, -0.2) is 4.98 Å². The molecule has 0 bridgehead atoms. The van der Waals surface area contributed by atoms with Crippen molar-refractivity contribution >= 4 is 50.3 Å². The summed E-state index contributed by atoms with van der Waals surface area (Å²) in [5, 5.41) is 2.26. The van der Waals surface area contributed by atoms with Crippen LogP contribution in [0.2, 0.25) is 0 Å². The van der Waals surface area contributed by atoms with E-state index in [0.29, 0.717) is 24.1 Å². The molecule has 3 aromatic heterocycles. The van der Waals surface area contributed by atoms with E-state index in [-0.39, 0.29) is 15.9 Å². The maximum absolute atomic E-state index is 13.6. The highest BCUT2D eigenvalue weighted by Gasteiger charge is 2.35. The zero-order chi connectivity index (χ0) is 28.6. The number of hydrogen-bond acceptors (Lipinski definition) is 5. The highest BCUT2D eigenvalue weighted by molar-refractivity contribution is 14.1. The number of hydrogen-bond donors (Lipinski definition) is 1. The van der Waals surface area contributed by atoms with Crippen molar-refractivity contribution in [2.45, 2.75) is 54.7 Å². The summed E-state index contributed by atoms with van der Waals surface area (Å²) in [4.78, 5) is 28.1. The molecule has 41 heavy (non-hydrogen) atoms. The van der Waals surface area contributed by atoms with Crippen LogP contribution in [0, 0.1) is 11.8 Å². The summed E-state index contributed by atoms with van der Waals surface area (Å²) >= 11 is 2.30. The van der Waals surface area contributed by atoms with Gasteiger partial charge in [-0.15, -0.1) is 0 Å². The molecule has 1 saturated heterocycles. The molecule has 10 heteroatoms. The van der Waals surface area contributed by atoms with Crippen molar-refractivity contribution in [3.8, 4) is 5.75 Å². The molecule has 1 aliphatic carbocycles. The second-order valence-corrected chi connectivity index (χ2v) is 12.5. The quantitative estimate of drug-likeness (QED) is 0.125. The van der Waals surface area contributed by atoms with E-state index in [4.69, 9.17) is 4.74 Å². The van der Waals surface area contributed by atoms with Crippen molar-refractivity contribution in [3.63, 3.8) is 0 Å². The van der Waals surface area contributed by atoms with E-state index in [0.717, 1.165) is 85.7 Å². The van der Waals surface area contributed by atoms with E-state index in [1.54, 1.807) is 0 Å². The average molecular weight is 677 g/mol. The van der Waals surface area contributed by atoms with Crippen LogP contribution in [0.5, 0.6) is 5.75 Å². The van der Waals surface area contributed by atoms with E-state index in [2.05, 4.69) is 54.6 Å². The van der Waals surface area contributed by atoms with Gasteiger partial charge in [0, 0.05) is 41.5 Å². The van der Waals surface area contributed by atoms with Gasteiger partial charge in [0.15, 0.2) is 5.78 Å². The summed E-state index contributed by atoms with van der Waals surface area (Å²) in [5.74, 6) is 1.42. The molecule has 6 rings (SSSR count). The number of piperidine rings is 1. The molecule has 4 aromatic rings. The number of nitrogens with zero attached hydrogens (tertiary/aromatic N) is 3. The Kier molecular flexibility index (Phi) is 8.22. The minimum Gasteiger partial charge on any atom is -0.493 e. The van der Waals surface area contributed by atoms with E-state index in [9.17, 15) is 18.0 Å². The lowest BCUT2D eigenvalue weighted by Crippen LogP contribution is -2.46. The molecule has 2 atom stereocenters. The van der Waals surface area contributed by atoms with Gasteiger partial charge in [-0.3, -0.25) is 14.7 Å². The minimum atomic E-state index is -4.36. The van der Waals surface area contributed by atoms with Gasteiger partial charge >= 0.3 is 6.18 Å². The molecule has 0 radical (unpaired) electrons. The third-order valence-corrected chi connectivity index (χ3v) is 10.1.